The van der Waals surface area contributed by atoms with E-state index in [-0.39, 0.29) is 0 Å². The maximum Gasteiger partial charge on any atom is 0.152 e. The average Bonchev–Trinajstić information content (AvgIpc) is 2.39. The number of likely N-dealkylation sites (N-methyl/N-ethyl adjacent to an activating group) is 1. The number of hydrogen-bond acceptors (Lipinski definition) is 1. The standard InChI is InChI=1S/C15H22BrClN2O/c1-12-10-13(16)15(14(17)11-12)20-9-3-4-19-7-5-18(2)6-8-19/h10-11H,3-9H2,1-2H3/p+2. The van der Waals surface area contributed by atoms with Crippen LogP contribution in [0.15, 0.2) is 16.6 Å². The lowest BCUT2D eigenvalue weighted by Gasteiger charge is -2.27. The highest BCUT2D eigenvalue weighted by molar-refractivity contribution is 9.10. The minimum Gasteiger partial charge on any atom is -0.491 e. The monoisotopic (exact) mass is 362 g/mol. The molecule has 0 amide bonds. The minimum absolute atomic E-state index is 0.687. The predicted octanol–water partition coefficient (Wildman–Crippen LogP) is 0.593. The van der Waals surface area contributed by atoms with E-state index in [0.717, 1.165) is 28.8 Å². The first-order valence-electron chi connectivity index (χ1n) is 7.29. The van der Waals surface area contributed by atoms with Crippen molar-refractivity contribution in [3.63, 3.8) is 0 Å². The third-order valence-corrected chi connectivity index (χ3v) is 4.74. The molecule has 1 fully saturated rings. The van der Waals surface area contributed by atoms with Gasteiger partial charge in [-0.1, -0.05) is 11.6 Å². The Hall–Kier alpha value is -0.290. The van der Waals surface area contributed by atoms with E-state index in [9.17, 15) is 0 Å². The van der Waals surface area contributed by atoms with Crippen LogP contribution in [0.25, 0.3) is 0 Å². The molecule has 0 unspecified atom stereocenters. The summed E-state index contributed by atoms with van der Waals surface area (Å²) in [6.07, 6.45) is 1.07. The second kappa shape index (κ2) is 7.64. The number of piperazine rings is 1. The van der Waals surface area contributed by atoms with E-state index < -0.39 is 0 Å². The fourth-order valence-corrected chi connectivity index (χ4v) is 3.73. The van der Waals surface area contributed by atoms with Gasteiger partial charge in [-0.2, -0.15) is 0 Å². The van der Waals surface area contributed by atoms with Crippen molar-refractivity contribution in [2.75, 3.05) is 46.4 Å². The lowest BCUT2D eigenvalue weighted by atomic mass is 10.2. The molecule has 2 N–H and O–H groups in total. The fourth-order valence-electron chi connectivity index (χ4n) is 2.60. The van der Waals surface area contributed by atoms with Crippen LogP contribution in [-0.4, -0.2) is 46.4 Å². The van der Waals surface area contributed by atoms with E-state index in [1.165, 1.54) is 32.7 Å². The van der Waals surface area contributed by atoms with Crippen molar-refractivity contribution >= 4 is 27.5 Å². The molecule has 2 rings (SSSR count). The predicted molar refractivity (Wildman–Crippen MR) is 86.2 cm³/mol. The van der Waals surface area contributed by atoms with Crippen molar-refractivity contribution in [1.29, 1.82) is 0 Å². The molecule has 112 valence electrons. The molecule has 0 atom stereocenters. The summed E-state index contributed by atoms with van der Waals surface area (Å²) < 4.78 is 6.78. The number of aryl methyl sites for hydroxylation is 1. The van der Waals surface area contributed by atoms with Crippen LogP contribution in [0, 0.1) is 6.92 Å². The topological polar surface area (TPSA) is 18.1 Å². The Balaban J connectivity index is 1.74. The smallest absolute Gasteiger partial charge is 0.152 e. The first-order chi connectivity index (χ1) is 9.56. The second-order valence-electron chi connectivity index (χ2n) is 5.72. The molecule has 0 saturated carbocycles. The first kappa shape index (κ1) is 16.1. The SMILES string of the molecule is Cc1cc(Cl)c(OCCC[NH+]2CC[NH+](C)CC2)c(Br)c1. The second-order valence-corrected chi connectivity index (χ2v) is 6.98. The lowest BCUT2D eigenvalue weighted by molar-refractivity contribution is -1.00. The molecule has 1 heterocycles. The molecule has 3 nitrogen and oxygen atoms in total. The van der Waals surface area contributed by atoms with E-state index in [4.69, 9.17) is 16.3 Å². The normalized spacial score (nSPS) is 22.8. The highest BCUT2D eigenvalue weighted by Gasteiger charge is 2.19. The molecule has 5 heteroatoms. The summed E-state index contributed by atoms with van der Waals surface area (Å²) in [4.78, 5) is 3.36. The molecule has 0 bridgehead atoms. The van der Waals surface area contributed by atoms with E-state index in [2.05, 4.69) is 23.0 Å². The summed E-state index contributed by atoms with van der Waals surface area (Å²) in [6.45, 7) is 9.07. The Morgan fingerprint density at radius 1 is 1.25 bits per heavy atom. The summed E-state index contributed by atoms with van der Waals surface area (Å²) in [6, 6.07) is 3.98. The van der Waals surface area contributed by atoms with E-state index in [0.29, 0.717) is 5.02 Å². The van der Waals surface area contributed by atoms with Crippen molar-refractivity contribution in [2.24, 2.45) is 0 Å². The molecular weight excluding hydrogens is 340 g/mol. The van der Waals surface area contributed by atoms with Crippen molar-refractivity contribution in [3.05, 3.63) is 27.2 Å². The Bertz CT molecular complexity index is 424. The van der Waals surface area contributed by atoms with Crippen LogP contribution in [0.3, 0.4) is 0 Å². The van der Waals surface area contributed by atoms with Gasteiger partial charge in [0.2, 0.25) is 0 Å². The molecule has 0 spiro atoms. The van der Waals surface area contributed by atoms with Gasteiger partial charge in [-0.3, -0.25) is 0 Å². The minimum atomic E-state index is 0.687. The number of rotatable bonds is 5. The van der Waals surface area contributed by atoms with E-state index in [1.807, 2.05) is 19.1 Å². The van der Waals surface area contributed by atoms with Gasteiger partial charge in [0.25, 0.3) is 0 Å². The van der Waals surface area contributed by atoms with Gasteiger partial charge in [0, 0.05) is 6.42 Å². The summed E-state index contributed by atoms with van der Waals surface area (Å²) >= 11 is 9.73. The zero-order valence-corrected chi connectivity index (χ0v) is 14.6. The van der Waals surface area contributed by atoms with Gasteiger partial charge in [0.05, 0.1) is 29.7 Å². The molecule has 1 aliphatic rings. The Labute approximate surface area is 135 Å². The van der Waals surface area contributed by atoms with Gasteiger partial charge in [-0.25, -0.2) is 0 Å². The molecule has 1 aromatic rings. The number of nitrogens with one attached hydrogen (secondary N) is 2. The molecule has 1 saturated heterocycles. The molecule has 0 aromatic heterocycles. The number of halogens is 2. The Morgan fingerprint density at radius 3 is 2.60 bits per heavy atom. The number of hydrogen-bond donors (Lipinski definition) is 2. The average molecular weight is 364 g/mol. The van der Waals surface area contributed by atoms with Crippen LogP contribution in [0.5, 0.6) is 5.75 Å². The van der Waals surface area contributed by atoms with Gasteiger partial charge in [-0.05, 0) is 40.5 Å². The van der Waals surface area contributed by atoms with Gasteiger partial charge in [0.1, 0.15) is 26.2 Å². The molecule has 1 aromatic carbocycles. The third kappa shape index (κ3) is 4.62. The van der Waals surface area contributed by atoms with Crippen LogP contribution < -0.4 is 14.5 Å². The quantitative estimate of drug-likeness (QED) is 0.733. The van der Waals surface area contributed by atoms with Crippen molar-refractivity contribution in [2.45, 2.75) is 13.3 Å². The van der Waals surface area contributed by atoms with Crippen LogP contribution in [0.4, 0.5) is 0 Å². The van der Waals surface area contributed by atoms with Crippen LogP contribution >= 0.6 is 27.5 Å². The molecule has 0 aliphatic carbocycles. The zero-order chi connectivity index (χ0) is 14.5. The highest BCUT2D eigenvalue weighted by Crippen LogP contribution is 2.34. The van der Waals surface area contributed by atoms with Gasteiger partial charge in [0.15, 0.2) is 5.75 Å². The van der Waals surface area contributed by atoms with E-state index in [1.54, 1.807) is 9.80 Å². The lowest BCUT2D eigenvalue weighted by Crippen LogP contribution is -3.27. The van der Waals surface area contributed by atoms with Crippen LogP contribution in [-0.2, 0) is 0 Å². The largest absolute Gasteiger partial charge is 0.491 e. The fraction of sp³-hybridized carbons (Fsp3) is 0.600. The van der Waals surface area contributed by atoms with Crippen molar-refractivity contribution < 1.29 is 14.5 Å². The van der Waals surface area contributed by atoms with Gasteiger partial charge in [-0.15, -0.1) is 0 Å². The molecule has 0 radical (unpaired) electrons. The van der Waals surface area contributed by atoms with Crippen LogP contribution in [0.1, 0.15) is 12.0 Å². The van der Waals surface area contributed by atoms with Crippen molar-refractivity contribution in [1.82, 2.24) is 0 Å². The Morgan fingerprint density at radius 2 is 1.95 bits per heavy atom. The number of quaternary nitrogens is 2. The van der Waals surface area contributed by atoms with Gasteiger partial charge >= 0.3 is 0 Å². The summed E-state index contributed by atoms with van der Waals surface area (Å²) in [5.41, 5.74) is 1.14. The number of ether oxygens (including phenoxy) is 1. The first-order valence-corrected chi connectivity index (χ1v) is 8.46. The summed E-state index contributed by atoms with van der Waals surface area (Å²) in [7, 11) is 2.27. The van der Waals surface area contributed by atoms with Crippen LogP contribution in [0.2, 0.25) is 5.02 Å². The number of benzene rings is 1. The third-order valence-electron chi connectivity index (χ3n) is 3.87. The van der Waals surface area contributed by atoms with Gasteiger partial charge < -0.3 is 14.5 Å². The summed E-state index contributed by atoms with van der Waals surface area (Å²) in [5.74, 6) is 0.773. The molecular formula is C15H24BrClN2O+2. The summed E-state index contributed by atoms with van der Waals surface area (Å²) in [5, 5.41) is 0.687. The molecule has 20 heavy (non-hydrogen) atoms. The maximum atomic E-state index is 6.22. The highest BCUT2D eigenvalue weighted by atomic mass is 79.9. The van der Waals surface area contributed by atoms with E-state index >= 15 is 0 Å². The molecule has 1 aliphatic heterocycles. The zero-order valence-electron chi connectivity index (χ0n) is 12.3. The van der Waals surface area contributed by atoms with Crippen molar-refractivity contribution in [3.8, 4) is 5.75 Å². The maximum absolute atomic E-state index is 6.22. The Kier molecular flexibility index (Phi) is 6.15.